The summed E-state index contributed by atoms with van der Waals surface area (Å²) in [7, 11) is 0. The van der Waals surface area contributed by atoms with Crippen LogP contribution in [0.1, 0.15) is 27.2 Å². The summed E-state index contributed by atoms with van der Waals surface area (Å²) >= 11 is 0. The third kappa shape index (κ3) is 5.41. The Morgan fingerprint density at radius 1 is 1.50 bits per heavy atom. The smallest absolute Gasteiger partial charge is 0.434 e. The first kappa shape index (κ1) is 9.27. The Bertz CT molecular complexity index is 99.0. The van der Waals surface area contributed by atoms with Gasteiger partial charge in [0.15, 0.2) is 0 Å². The van der Waals surface area contributed by atoms with Gasteiger partial charge < -0.3 is 9.47 Å². The molecule has 0 atom stereocenters. The van der Waals surface area contributed by atoms with E-state index in [0.29, 0.717) is 6.61 Å². The number of carbonyl (C=O) groups is 1. The molecule has 0 aromatic carbocycles. The fourth-order valence-electron chi connectivity index (χ4n) is 0.412. The molecule has 0 aromatic heterocycles. The van der Waals surface area contributed by atoms with Crippen LogP contribution in [0.5, 0.6) is 0 Å². The second-order valence-electron chi connectivity index (χ2n) is 2.27. The maximum absolute atomic E-state index is 10.6. The van der Waals surface area contributed by atoms with Crippen LogP contribution >= 0.6 is 0 Å². The number of carbonyl (C=O) groups excluding carboxylic acids is 1. The molecule has 3 heteroatoms. The minimum atomic E-state index is -0.572. The lowest BCUT2D eigenvalue weighted by molar-refractivity contribution is 0.0347. The Labute approximate surface area is 61.3 Å². The first-order valence-corrected chi connectivity index (χ1v) is 3.50. The van der Waals surface area contributed by atoms with Gasteiger partial charge in [0, 0.05) is 0 Å². The van der Waals surface area contributed by atoms with Gasteiger partial charge in [-0.05, 0) is 20.3 Å². The molecule has 0 spiro atoms. The van der Waals surface area contributed by atoms with Crippen molar-refractivity contribution >= 4 is 6.16 Å². The molecule has 0 bridgehead atoms. The van der Waals surface area contributed by atoms with Crippen LogP contribution in [0.4, 0.5) is 4.79 Å². The van der Waals surface area contributed by atoms with Crippen LogP contribution in [0.2, 0.25) is 0 Å². The number of ether oxygens (including phenoxy) is 2. The molecule has 0 aliphatic rings. The summed E-state index contributed by atoms with van der Waals surface area (Å²) in [5.41, 5.74) is 0. The van der Waals surface area contributed by atoms with E-state index in [1.54, 1.807) is 13.8 Å². The number of hydrogen-bond donors (Lipinski definition) is 0. The van der Waals surface area contributed by atoms with Gasteiger partial charge in [0.1, 0.15) is 0 Å². The molecular weight excluding hydrogens is 132 g/mol. The molecule has 0 aromatic rings. The highest BCUT2D eigenvalue weighted by Gasteiger charge is 2.03. The van der Waals surface area contributed by atoms with E-state index < -0.39 is 6.16 Å². The van der Waals surface area contributed by atoms with Crippen LogP contribution in [-0.2, 0) is 9.47 Å². The van der Waals surface area contributed by atoms with Crippen LogP contribution in [0, 0.1) is 0 Å². The van der Waals surface area contributed by atoms with Crippen LogP contribution in [0.25, 0.3) is 0 Å². The summed E-state index contributed by atoms with van der Waals surface area (Å²) in [5, 5.41) is 0. The molecule has 0 radical (unpaired) electrons. The van der Waals surface area contributed by atoms with Gasteiger partial charge in [-0.2, -0.15) is 0 Å². The molecule has 60 valence electrons. The van der Waals surface area contributed by atoms with Gasteiger partial charge in [0.05, 0.1) is 12.7 Å². The number of rotatable bonds is 3. The molecule has 0 amide bonds. The zero-order valence-corrected chi connectivity index (χ0v) is 6.72. The molecule has 0 aliphatic heterocycles. The highest BCUT2D eigenvalue weighted by molar-refractivity contribution is 5.59. The molecule has 3 nitrogen and oxygen atoms in total. The van der Waals surface area contributed by atoms with Crippen molar-refractivity contribution in [1.29, 1.82) is 0 Å². The van der Waals surface area contributed by atoms with E-state index in [2.05, 4.69) is 4.74 Å². The van der Waals surface area contributed by atoms with E-state index in [1.807, 2.05) is 6.92 Å². The van der Waals surface area contributed by atoms with Gasteiger partial charge in [-0.25, -0.2) is 4.79 Å². The summed E-state index contributed by atoms with van der Waals surface area (Å²) in [6.07, 6.45) is 0.161. The minimum absolute atomic E-state index is 0.0932. The summed E-state index contributed by atoms with van der Waals surface area (Å²) in [4.78, 5) is 10.6. The molecule has 0 N–H and O–H groups in total. The molecule has 0 aliphatic carbocycles. The first-order chi connectivity index (χ1) is 4.66. The highest BCUT2D eigenvalue weighted by atomic mass is 16.7. The molecule has 10 heavy (non-hydrogen) atoms. The monoisotopic (exact) mass is 146 g/mol. The van der Waals surface area contributed by atoms with Crippen molar-refractivity contribution in [3.05, 3.63) is 0 Å². The minimum Gasteiger partial charge on any atom is -0.434 e. The Kier molecular flexibility index (Phi) is 4.72. The third-order valence-electron chi connectivity index (χ3n) is 0.756. The predicted octanol–water partition coefficient (Wildman–Crippen LogP) is 1.96. The van der Waals surface area contributed by atoms with Crippen molar-refractivity contribution < 1.29 is 14.3 Å². The van der Waals surface area contributed by atoms with Crippen molar-refractivity contribution in [3.63, 3.8) is 0 Å². The largest absolute Gasteiger partial charge is 0.508 e. The maximum Gasteiger partial charge on any atom is 0.508 e. The quantitative estimate of drug-likeness (QED) is 0.571. The standard InChI is InChI=1S/C7H14O3/c1-4-5-9-7(8)10-6(2)3/h6H,4-5H2,1-3H3. The second kappa shape index (κ2) is 5.09. The molecule has 0 heterocycles. The van der Waals surface area contributed by atoms with Gasteiger partial charge >= 0.3 is 6.16 Å². The summed E-state index contributed by atoms with van der Waals surface area (Å²) in [5.74, 6) is 0. The fraction of sp³-hybridized carbons (Fsp3) is 0.857. The lowest BCUT2D eigenvalue weighted by Crippen LogP contribution is -2.13. The van der Waals surface area contributed by atoms with Crippen LogP contribution < -0.4 is 0 Å². The number of hydrogen-bond acceptors (Lipinski definition) is 3. The van der Waals surface area contributed by atoms with Crippen LogP contribution in [-0.4, -0.2) is 18.9 Å². The SMILES string of the molecule is CCCOC(=O)OC(C)C. The van der Waals surface area contributed by atoms with Crippen LogP contribution in [0.3, 0.4) is 0 Å². The van der Waals surface area contributed by atoms with E-state index in [4.69, 9.17) is 4.74 Å². The normalized spacial score (nSPS) is 9.60. The van der Waals surface area contributed by atoms with E-state index in [1.165, 1.54) is 0 Å². The highest BCUT2D eigenvalue weighted by Crippen LogP contribution is 1.92. The first-order valence-electron chi connectivity index (χ1n) is 3.50. The topological polar surface area (TPSA) is 35.5 Å². The summed E-state index contributed by atoms with van der Waals surface area (Å²) < 4.78 is 9.33. The maximum atomic E-state index is 10.6. The Morgan fingerprint density at radius 3 is 2.50 bits per heavy atom. The Hall–Kier alpha value is -0.730. The summed E-state index contributed by atoms with van der Waals surface area (Å²) in [6, 6.07) is 0. The molecular formula is C7H14O3. The van der Waals surface area contributed by atoms with E-state index in [-0.39, 0.29) is 6.10 Å². The fourth-order valence-corrected chi connectivity index (χ4v) is 0.412. The van der Waals surface area contributed by atoms with Crippen molar-refractivity contribution in [2.75, 3.05) is 6.61 Å². The van der Waals surface area contributed by atoms with Gasteiger partial charge in [0.25, 0.3) is 0 Å². The van der Waals surface area contributed by atoms with Crippen LogP contribution in [0.15, 0.2) is 0 Å². The average Bonchev–Trinajstić information content (AvgIpc) is 1.82. The van der Waals surface area contributed by atoms with E-state index in [0.717, 1.165) is 6.42 Å². The van der Waals surface area contributed by atoms with Crippen molar-refractivity contribution in [1.82, 2.24) is 0 Å². The average molecular weight is 146 g/mol. The molecule has 0 saturated carbocycles. The lowest BCUT2D eigenvalue weighted by atomic mass is 10.5. The van der Waals surface area contributed by atoms with Crippen molar-refractivity contribution in [3.8, 4) is 0 Å². The van der Waals surface area contributed by atoms with Gasteiger partial charge in [-0.3, -0.25) is 0 Å². The zero-order valence-electron chi connectivity index (χ0n) is 6.72. The van der Waals surface area contributed by atoms with Gasteiger partial charge in [0.2, 0.25) is 0 Å². The van der Waals surface area contributed by atoms with E-state index >= 15 is 0 Å². The molecule has 0 saturated heterocycles. The Balaban J connectivity index is 3.26. The van der Waals surface area contributed by atoms with Crippen molar-refractivity contribution in [2.45, 2.75) is 33.3 Å². The van der Waals surface area contributed by atoms with Gasteiger partial charge in [-0.15, -0.1) is 0 Å². The summed E-state index contributed by atoms with van der Waals surface area (Å²) in [6.45, 7) is 5.94. The van der Waals surface area contributed by atoms with E-state index in [9.17, 15) is 4.79 Å². The lowest BCUT2D eigenvalue weighted by Gasteiger charge is -2.06. The molecule has 0 unspecified atom stereocenters. The van der Waals surface area contributed by atoms with Crippen molar-refractivity contribution in [2.24, 2.45) is 0 Å². The molecule has 0 fully saturated rings. The Morgan fingerprint density at radius 2 is 2.10 bits per heavy atom. The second-order valence-corrected chi connectivity index (χ2v) is 2.27. The van der Waals surface area contributed by atoms with Gasteiger partial charge in [-0.1, -0.05) is 6.92 Å². The zero-order chi connectivity index (χ0) is 7.98. The predicted molar refractivity (Wildman–Crippen MR) is 37.9 cm³/mol. The molecule has 0 rings (SSSR count). The third-order valence-corrected chi connectivity index (χ3v) is 0.756.